The van der Waals surface area contributed by atoms with Crippen LogP contribution in [0.1, 0.15) is 76.7 Å². The molecule has 4 heteroatoms. The second kappa shape index (κ2) is 15.0. The number of hydrogen-bond donors (Lipinski definition) is 1. The molecule has 126 valence electrons. The van der Waals surface area contributed by atoms with Crippen LogP contribution < -0.4 is 21.5 Å². The van der Waals surface area contributed by atoms with E-state index >= 15 is 0 Å². The van der Waals surface area contributed by atoms with Gasteiger partial charge >= 0.3 is 0 Å². The van der Waals surface area contributed by atoms with Crippen molar-refractivity contribution in [3.8, 4) is 0 Å². The van der Waals surface area contributed by atoms with Gasteiger partial charge in [-0.05, 0) is 12.5 Å². The van der Waals surface area contributed by atoms with Crippen LogP contribution in [0.2, 0.25) is 0 Å². The zero-order valence-electron chi connectivity index (χ0n) is 13.9. The highest BCUT2D eigenvalue weighted by atomic mass is 79.9. The maximum absolute atomic E-state index is 8.54. The fourth-order valence-corrected chi connectivity index (χ4v) is 2.61. The van der Waals surface area contributed by atoms with E-state index in [0.29, 0.717) is 0 Å². The first kappa shape index (κ1) is 21.1. The number of pyridine rings is 1. The Morgan fingerprint density at radius 3 is 2.18 bits per heavy atom. The molecule has 1 N–H and O–H groups in total. The van der Waals surface area contributed by atoms with E-state index in [1.165, 1.54) is 70.4 Å². The van der Waals surface area contributed by atoms with Gasteiger partial charge in [0.05, 0.1) is 11.8 Å². The summed E-state index contributed by atoms with van der Waals surface area (Å²) in [6.07, 6.45) is 19.2. The predicted molar refractivity (Wildman–Crippen MR) is 87.9 cm³/mol. The molecule has 0 aromatic carbocycles. The van der Waals surface area contributed by atoms with Gasteiger partial charge in [0.25, 0.3) is 0 Å². The quantitative estimate of drug-likeness (QED) is 0.196. The van der Waals surface area contributed by atoms with Crippen LogP contribution in [-0.4, -0.2) is 11.4 Å². The van der Waals surface area contributed by atoms with E-state index in [1.54, 1.807) is 0 Å². The lowest BCUT2D eigenvalue weighted by Gasteiger charge is -2.01. The molecular formula is C18H31BrN2O. The number of rotatable bonds is 12. The summed E-state index contributed by atoms with van der Waals surface area (Å²) in [4.78, 5) is 0. The molecule has 0 aliphatic carbocycles. The molecule has 0 fully saturated rings. The maximum Gasteiger partial charge on any atom is 0.177 e. The van der Waals surface area contributed by atoms with Gasteiger partial charge in [-0.3, -0.25) is 0 Å². The third kappa shape index (κ3) is 10.8. The molecule has 0 radical (unpaired) electrons. The topological polar surface area (TPSA) is 36.5 Å². The van der Waals surface area contributed by atoms with Crippen molar-refractivity contribution in [2.75, 3.05) is 0 Å². The number of aryl methyl sites for hydroxylation is 1. The number of nitrogens with zero attached hydrogens (tertiary/aromatic N) is 2. The van der Waals surface area contributed by atoms with Gasteiger partial charge in [-0.25, -0.2) is 4.57 Å². The van der Waals surface area contributed by atoms with Crippen LogP contribution in [0.15, 0.2) is 29.7 Å². The van der Waals surface area contributed by atoms with Gasteiger partial charge in [0, 0.05) is 12.5 Å². The van der Waals surface area contributed by atoms with Crippen LogP contribution in [0.3, 0.4) is 0 Å². The molecule has 0 atom stereocenters. The van der Waals surface area contributed by atoms with Crippen molar-refractivity contribution in [3.05, 3.63) is 30.1 Å². The van der Waals surface area contributed by atoms with Crippen molar-refractivity contribution in [1.29, 1.82) is 0 Å². The minimum atomic E-state index is 0. The number of aromatic nitrogens is 1. The summed E-state index contributed by atoms with van der Waals surface area (Å²) < 4.78 is 2.17. The first-order valence-corrected chi connectivity index (χ1v) is 8.53. The fourth-order valence-electron chi connectivity index (χ4n) is 2.61. The molecule has 0 aliphatic rings. The molecule has 3 nitrogen and oxygen atoms in total. The van der Waals surface area contributed by atoms with Crippen LogP contribution in [0.5, 0.6) is 0 Å². The number of unbranched alkanes of at least 4 members (excludes halogenated alkanes) is 9. The summed E-state index contributed by atoms with van der Waals surface area (Å²) in [5, 5.41) is 11.6. The van der Waals surface area contributed by atoms with Crippen LogP contribution in [0.25, 0.3) is 0 Å². The molecule has 0 amide bonds. The van der Waals surface area contributed by atoms with Crippen molar-refractivity contribution < 1.29 is 26.8 Å². The van der Waals surface area contributed by atoms with Crippen LogP contribution in [-0.2, 0) is 6.54 Å². The lowest BCUT2D eigenvalue weighted by atomic mass is 10.1. The summed E-state index contributed by atoms with van der Waals surface area (Å²) in [6.45, 7) is 3.31. The van der Waals surface area contributed by atoms with Gasteiger partial charge < -0.3 is 22.2 Å². The highest BCUT2D eigenvalue weighted by Gasteiger charge is 2.01. The van der Waals surface area contributed by atoms with Crippen molar-refractivity contribution in [2.24, 2.45) is 5.16 Å². The van der Waals surface area contributed by atoms with Gasteiger partial charge in [-0.15, -0.1) is 0 Å². The second-order valence-electron chi connectivity index (χ2n) is 5.80. The van der Waals surface area contributed by atoms with Crippen LogP contribution in [0, 0.1) is 0 Å². The molecule has 0 aliphatic heterocycles. The first-order valence-electron chi connectivity index (χ1n) is 8.53. The number of hydrogen-bond acceptors (Lipinski definition) is 2. The first-order chi connectivity index (χ1) is 10.4. The standard InChI is InChI=1S/C18H30N2O.BrH/c1-2-3-4-5-6-7-8-9-10-11-14-20-15-12-13-18(17-20)16-19-21;/h12-13,15-17H,2-11,14H2,1H3;1H. The van der Waals surface area contributed by atoms with Gasteiger partial charge in [0.1, 0.15) is 6.54 Å². The minimum Gasteiger partial charge on any atom is -1.00 e. The smallest absolute Gasteiger partial charge is 0.177 e. The van der Waals surface area contributed by atoms with E-state index in [4.69, 9.17) is 5.21 Å². The van der Waals surface area contributed by atoms with E-state index in [-0.39, 0.29) is 17.0 Å². The summed E-state index contributed by atoms with van der Waals surface area (Å²) >= 11 is 0. The lowest BCUT2D eigenvalue weighted by molar-refractivity contribution is -0.697. The van der Waals surface area contributed by atoms with Gasteiger partial charge in [0.2, 0.25) is 0 Å². The lowest BCUT2D eigenvalue weighted by Crippen LogP contribution is -3.00. The van der Waals surface area contributed by atoms with Crippen molar-refractivity contribution >= 4 is 6.21 Å². The SMILES string of the molecule is CCCCCCCCCCCC[n+]1cccc(C=NO)c1.[Br-]. The minimum absolute atomic E-state index is 0. The highest BCUT2D eigenvalue weighted by molar-refractivity contribution is 5.77. The molecule has 0 bridgehead atoms. The Morgan fingerprint density at radius 1 is 1.00 bits per heavy atom. The zero-order valence-corrected chi connectivity index (χ0v) is 15.5. The van der Waals surface area contributed by atoms with Crippen LogP contribution >= 0.6 is 0 Å². The molecule has 1 aromatic heterocycles. The monoisotopic (exact) mass is 370 g/mol. The van der Waals surface area contributed by atoms with Gasteiger partial charge in [0.15, 0.2) is 12.4 Å². The van der Waals surface area contributed by atoms with Crippen LogP contribution in [0.4, 0.5) is 0 Å². The van der Waals surface area contributed by atoms with E-state index in [0.717, 1.165) is 12.1 Å². The Hall–Kier alpha value is -0.900. The Morgan fingerprint density at radius 2 is 1.59 bits per heavy atom. The maximum atomic E-state index is 8.54. The summed E-state index contributed by atoms with van der Waals surface area (Å²) in [6, 6.07) is 3.93. The Labute approximate surface area is 146 Å². The molecule has 1 heterocycles. The summed E-state index contributed by atoms with van der Waals surface area (Å²) in [5.41, 5.74) is 0.937. The molecule has 22 heavy (non-hydrogen) atoms. The Kier molecular flexibility index (Phi) is 14.4. The average Bonchev–Trinajstić information content (AvgIpc) is 2.50. The Bertz CT molecular complexity index is 396. The second-order valence-corrected chi connectivity index (χ2v) is 5.80. The van der Waals surface area contributed by atoms with Crippen molar-refractivity contribution in [3.63, 3.8) is 0 Å². The molecule has 0 saturated heterocycles. The molecule has 0 unspecified atom stereocenters. The molecule has 1 aromatic rings. The van der Waals surface area contributed by atoms with Gasteiger partial charge in [-0.1, -0.05) is 63.4 Å². The van der Waals surface area contributed by atoms with Crippen molar-refractivity contribution in [2.45, 2.75) is 77.7 Å². The molecule has 0 spiro atoms. The van der Waals surface area contributed by atoms with E-state index in [1.807, 2.05) is 18.3 Å². The number of halogens is 1. The predicted octanol–water partition coefficient (Wildman–Crippen LogP) is 1.71. The zero-order chi connectivity index (χ0) is 15.2. The van der Waals surface area contributed by atoms with E-state index < -0.39 is 0 Å². The average molecular weight is 371 g/mol. The number of oxime groups is 1. The largest absolute Gasteiger partial charge is 1.00 e. The fraction of sp³-hybridized carbons (Fsp3) is 0.667. The molecule has 0 saturated carbocycles. The van der Waals surface area contributed by atoms with E-state index in [9.17, 15) is 0 Å². The van der Waals surface area contributed by atoms with Gasteiger partial charge in [-0.2, -0.15) is 0 Å². The highest BCUT2D eigenvalue weighted by Crippen LogP contribution is 2.10. The molecular weight excluding hydrogens is 340 g/mol. The van der Waals surface area contributed by atoms with Crippen molar-refractivity contribution in [1.82, 2.24) is 0 Å². The summed E-state index contributed by atoms with van der Waals surface area (Å²) in [5.74, 6) is 0. The molecule has 1 rings (SSSR count). The summed E-state index contributed by atoms with van der Waals surface area (Å²) in [7, 11) is 0. The third-order valence-electron chi connectivity index (χ3n) is 3.86. The normalized spacial score (nSPS) is 10.8. The third-order valence-corrected chi connectivity index (χ3v) is 3.86. The van der Waals surface area contributed by atoms with E-state index in [2.05, 4.69) is 22.8 Å². The Balaban J connectivity index is 0.00000441.